The third-order valence-electron chi connectivity index (χ3n) is 3.47. The number of hydrogen-bond donors (Lipinski definition) is 1. The van der Waals surface area contributed by atoms with Gasteiger partial charge in [0.25, 0.3) is 0 Å². The Morgan fingerprint density at radius 1 is 1.33 bits per heavy atom. The van der Waals surface area contributed by atoms with Crippen molar-refractivity contribution in [3.05, 3.63) is 23.5 Å². The zero-order valence-electron chi connectivity index (χ0n) is 11.0. The molecular formula is C14H20FNO2. The van der Waals surface area contributed by atoms with Crippen LogP contribution in [0, 0.1) is 11.7 Å². The molecule has 0 amide bonds. The van der Waals surface area contributed by atoms with Gasteiger partial charge in [-0.3, -0.25) is 0 Å². The van der Waals surface area contributed by atoms with Crippen LogP contribution < -0.4 is 14.8 Å². The van der Waals surface area contributed by atoms with E-state index in [1.165, 1.54) is 20.6 Å². The van der Waals surface area contributed by atoms with E-state index in [0.29, 0.717) is 17.2 Å². The lowest BCUT2D eigenvalue weighted by molar-refractivity contribution is 0.331. The molecule has 1 aliphatic heterocycles. The average molecular weight is 253 g/mol. The van der Waals surface area contributed by atoms with E-state index in [0.717, 1.165) is 25.9 Å². The minimum absolute atomic E-state index is 0.207. The smallest absolute Gasteiger partial charge is 0.197 e. The molecule has 1 aromatic rings. The minimum atomic E-state index is -0.289. The van der Waals surface area contributed by atoms with Crippen LogP contribution in [-0.2, 0) is 6.42 Å². The Balaban J connectivity index is 2.17. The molecule has 0 aliphatic carbocycles. The fourth-order valence-corrected chi connectivity index (χ4v) is 2.50. The molecule has 1 aromatic carbocycles. The summed E-state index contributed by atoms with van der Waals surface area (Å²) in [5.41, 5.74) is 0.710. The van der Waals surface area contributed by atoms with E-state index in [1.54, 1.807) is 12.1 Å². The number of methoxy groups -OCH3 is 2. The second-order valence-electron chi connectivity index (χ2n) is 4.69. The predicted molar refractivity (Wildman–Crippen MR) is 68.8 cm³/mol. The van der Waals surface area contributed by atoms with Gasteiger partial charge in [-0.2, -0.15) is 0 Å². The lowest BCUT2D eigenvalue weighted by atomic mass is 9.92. The van der Waals surface area contributed by atoms with Crippen LogP contribution in [-0.4, -0.2) is 27.3 Å². The molecule has 1 aliphatic rings. The summed E-state index contributed by atoms with van der Waals surface area (Å²) >= 11 is 0. The summed E-state index contributed by atoms with van der Waals surface area (Å²) in [6, 6.07) is 3.57. The lowest BCUT2D eigenvalue weighted by Crippen LogP contribution is -2.31. The van der Waals surface area contributed by atoms with E-state index in [-0.39, 0.29) is 11.6 Å². The van der Waals surface area contributed by atoms with Crippen LogP contribution in [0.4, 0.5) is 4.39 Å². The molecule has 1 unspecified atom stereocenters. The van der Waals surface area contributed by atoms with Gasteiger partial charge in [0.2, 0.25) is 0 Å². The second-order valence-corrected chi connectivity index (χ2v) is 4.69. The van der Waals surface area contributed by atoms with Crippen LogP contribution in [0.15, 0.2) is 12.1 Å². The number of benzene rings is 1. The van der Waals surface area contributed by atoms with Gasteiger partial charge in [0.05, 0.1) is 14.2 Å². The number of nitrogens with one attached hydrogen (secondary N) is 1. The molecule has 3 nitrogen and oxygen atoms in total. The summed E-state index contributed by atoms with van der Waals surface area (Å²) in [5.74, 6) is 0.869. The van der Waals surface area contributed by atoms with Crippen molar-refractivity contribution in [1.29, 1.82) is 0 Å². The third-order valence-corrected chi connectivity index (χ3v) is 3.47. The van der Waals surface area contributed by atoms with E-state index in [1.807, 2.05) is 0 Å². The van der Waals surface area contributed by atoms with Crippen molar-refractivity contribution in [1.82, 2.24) is 5.32 Å². The van der Waals surface area contributed by atoms with Crippen molar-refractivity contribution < 1.29 is 13.9 Å². The zero-order valence-corrected chi connectivity index (χ0v) is 11.0. The lowest BCUT2D eigenvalue weighted by Gasteiger charge is -2.23. The summed E-state index contributed by atoms with van der Waals surface area (Å²) in [4.78, 5) is 0. The maximum Gasteiger partial charge on any atom is 0.197 e. The standard InChI is InChI=1S/C14H20FNO2/c1-17-12-6-5-11(13(15)14(12)18-2)8-10-4-3-7-16-9-10/h5-6,10,16H,3-4,7-9H2,1-2H3. The van der Waals surface area contributed by atoms with Crippen LogP contribution in [0.3, 0.4) is 0 Å². The fraction of sp³-hybridized carbons (Fsp3) is 0.571. The van der Waals surface area contributed by atoms with Crippen molar-refractivity contribution in [3.8, 4) is 11.5 Å². The number of halogens is 1. The summed E-state index contributed by atoms with van der Waals surface area (Å²) in [7, 11) is 2.98. The van der Waals surface area contributed by atoms with Gasteiger partial charge >= 0.3 is 0 Å². The van der Waals surface area contributed by atoms with E-state index in [4.69, 9.17) is 9.47 Å². The number of piperidine rings is 1. The molecule has 2 rings (SSSR count). The highest BCUT2D eigenvalue weighted by molar-refractivity contribution is 5.44. The molecule has 1 fully saturated rings. The molecule has 0 bridgehead atoms. The van der Waals surface area contributed by atoms with E-state index in [9.17, 15) is 4.39 Å². The number of hydrogen-bond acceptors (Lipinski definition) is 3. The molecule has 0 saturated carbocycles. The Kier molecular flexibility index (Phi) is 4.42. The predicted octanol–water partition coefficient (Wildman–Crippen LogP) is 2.39. The van der Waals surface area contributed by atoms with Gasteiger partial charge in [0.1, 0.15) is 0 Å². The molecule has 1 atom stereocenters. The van der Waals surface area contributed by atoms with Crippen molar-refractivity contribution in [2.45, 2.75) is 19.3 Å². The number of ether oxygens (including phenoxy) is 2. The highest BCUT2D eigenvalue weighted by atomic mass is 19.1. The monoisotopic (exact) mass is 253 g/mol. The molecule has 1 heterocycles. The molecule has 0 radical (unpaired) electrons. The molecule has 18 heavy (non-hydrogen) atoms. The molecule has 4 heteroatoms. The van der Waals surface area contributed by atoms with Gasteiger partial charge in [-0.1, -0.05) is 6.07 Å². The first-order chi connectivity index (χ1) is 8.76. The molecule has 0 aromatic heterocycles. The summed E-state index contributed by atoms with van der Waals surface area (Å²) < 4.78 is 24.4. The minimum Gasteiger partial charge on any atom is -0.493 e. The Morgan fingerprint density at radius 2 is 2.17 bits per heavy atom. The highest BCUT2D eigenvalue weighted by Crippen LogP contribution is 2.33. The quantitative estimate of drug-likeness (QED) is 0.893. The third kappa shape index (κ3) is 2.75. The Hall–Kier alpha value is -1.29. The molecule has 1 saturated heterocycles. The average Bonchev–Trinajstić information content (AvgIpc) is 2.42. The summed E-state index contributed by atoms with van der Waals surface area (Å²) in [6.45, 7) is 2.04. The fourth-order valence-electron chi connectivity index (χ4n) is 2.50. The van der Waals surface area contributed by atoms with Crippen molar-refractivity contribution >= 4 is 0 Å². The first kappa shape index (κ1) is 13.1. The van der Waals surface area contributed by atoms with Gasteiger partial charge in [-0.05, 0) is 49.9 Å². The topological polar surface area (TPSA) is 30.5 Å². The second kappa shape index (κ2) is 6.05. The van der Waals surface area contributed by atoms with Crippen LogP contribution in [0.1, 0.15) is 18.4 Å². The Morgan fingerprint density at radius 3 is 2.78 bits per heavy atom. The highest BCUT2D eigenvalue weighted by Gasteiger charge is 2.19. The van der Waals surface area contributed by atoms with Crippen LogP contribution in [0.2, 0.25) is 0 Å². The van der Waals surface area contributed by atoms with Gasteiger partial charge in [0, 0.05) is 0 Å². The van der Waals surface area contributed by atoms with Crippen LogP contribution in [0.25, 0.3) is 0 Å². The van der Waals surface area contributed by atoms with Gasteiger partial charge < -0.3 is 14.8 Å². The molecule has 0 spiro atoms. The van der Waals surface area contributed by atoms with Crippen LogP contribution >= 0.6 is 0 Å². The number of rotatable bonds is 4. The van der Waals surface area contributed by atoms with Crippen molar-refractivity contribution in [3.63, 3.8) is 0 Å². The Labute approximate surface area is 107 Å². The van der Waals surface area contributed by atoms with Gasteiger partial charge in [-0.25, -0.2) is 4.39 Å². The van der Waals surface area contributed by atoms with Crippen molar-refractivity contribution in [2.24, 2.45) is 5.92 Å². The largest absolute Gasteiger partial charge is 0.493 e. The SMILES string of the molecule is COc1ccc(CC2CCCNC2)c(F)c1OC. The molecular weight excluding hydrogens is 233 g/mol. The van der Waals surface area contributed by atoms with Crippen molar-refractivity contribution in [2.75, 3.05) is 27.3 Å². The van der Waals surface area contributed by atoms with E-state index in [2.05, 4.69) is 5.32 Å². The first-order valence-corrected chi connectivity index (χ1v) is 6.36. The molecule has 100 valence electrons. The van der Waals surface area contributed by atoms with E-state index >= 15 is 0 Å². The normalized spacial score (nSPS) is 19.6. The van der Waals surface area contributed by atoms with Gasteiger partial charge in [0.15, 0.2) is 17.3 Å². The first-order valence-electron chi connectivity index (χ1n) is 6.36. The van der Waals surface area contributed by atoms with E-state index < -0.39 is 0 Å². The maximum absolute atomic E-state index is 14.2. The Bertz CT molecular complexity index is 403. The zero-order chi connectivity index (χ0) is 13.0. The summed E-state index contributed by atoms with van der Waals surface area (Å²) in [6.07, 6.45) is 3.07. The maximum atomic E-state index is 14.2. The summed E-state index contributed by atoms with van der Waals surface area (Å²) in [5, 5.41) is 3.35. The van der Waals surface area contributed by atoms with Crippen LogP contribution in [0.5, 0.6) is 11.5 Å². The molecule has 1 N–H and O–H groups in total. The van der Waals surface area contributed by atoms with Gasteiger partial charge in [-0.15, -0.1) is 0 Å².